The maximum Gasteiger partial charge on any atom is 0.126 e. The lowest BCUT2D eigenvalue weighted by molar-refractivity contribution is 0.614. The molecule has 0 aliphatic heterocycles. The number of hydrogen-bond acceptors (Lipinski definition) is 1. The molecule has 1 heterocycles. The smallest absolute Gasteiger partial charge is 0.126 e. The molecule has 0 aliphatic carbocycles. The molecular weight excluding hydrogens is 153 g/mol. The molecule has 0 bridgehead atoms. The van der Waals surface area contributed by atoms with Crippen LogP contribution in [0.3, 0.4) is 0 Å². The van der Waals surface area contributed by atoms with Gasteiger partial charge in [-0.2, -0.15) is 0 Å². The zero-order valence-electron chi connectivity index (χ0n) is 7.76. The Labute approximate surface area is 72.6 Å². The maximum atomic E-state index is 12.9. The van der Waals surface area contributed by atoms with E-state index in [0.717, 1.165) is 17.8 Å². The second-order valence-corrected chi connectivity index (χ2v) is 3.21. The van der Waals surface area contributed by atoms with Crippen LogP contribution in [0.15, 0.2) is 12.1 Å². The van der Waals surface area contributed by atoms with Crippen molar-refractivity contribution in [3.8, 4) is 0 Å². The molecule has 1 nitrogen and oxygen atoms in total. The molecule has 0 amide bonds. The highest BCUT2D eigenvalue weighted by molar-refractivity contribution is 5.15. The monoisotopic (exact) mass is 167 g/mol. The minimum absolute atomic E-state index is 0.175. The largest absolute Gasteiger partial charge is 0.257 e. The van der Waals surface area contributed by atoms with Crippen LogP contribution in [0.1, 0.15) is 38.1 Å². The number of aryl methyl sites for hydroxylation is 1. The summed E-state index contributed by atoms with van der Waals surface area (Å²) in [6.45, 7) is 6.01. The number of hydrogen-bond donors (Lipinski definition) is 0. The average molecular weight is 167 g/mol. The van der Waals surface area contributed by atoms with Crippen molar-refractivity contribution >= 4 is 0 Å². The second kappa shape index (κ2) is 3.65. The minimum Gasteiger partial charge on any atom is -0.257 e. The SMILES string of the molecule is CCc1cc(F)cc(C(C)C)n1. The van der Waals surface area contributed by atoms with E-state index in [4.69, 9.17) is 0 Å². The lowest BCUT2D eigenvalue weighted by Gasteiger charge is -2.06. The molecule has 0 N–H and O–H groups in total. The Morgan fingerprint density at radius 3 is 2.58 bits per heavy atom. The molecule has 1 aromatic rings. The molecule has 0 aromatic carbocycles. The van der Waals surface area contributed by atoms with Gasteiger partial charge in [-0.25, -0.2) is 4.39 Å². The molecule has 0 spiro atoms. The van der Waals surface area contributed by atoms with Crippen LogP contribution < -0.4 is 0 Å². The van der Waals surface area contributed by atoms with Gasteiger partial charge in [-0.1, -0.05) is 20.8 Å². The van der Waals surface area contributed by atoms with Gasteiger partial charge in [-0.05, 0) is 24.5 Å². The fraction of sp³-hybridized carbons (Fsp3) is 0.500. The van der Waals surface area contributed by atoms with E-state index < -0.39 is 0 Å². The molecular formula is C10H14FN. The van der Waals surface area contributed by atoms with Gasteiger partial charge in [0.25, 0.3) is 0 Å². The van der Waals surface area contributed by atoms with Crippen LogP contribution in [-0.4, -0.2) is 4.98 Å². The third-order valence-corrected chi connectivity index (χ3v) is 1.82. The predicted molar refractivity (Wildman–Crippen MR) is 47.7 cm³/mol. The molecule has 1 rings (SSSR count). The van der Waals surface area contributed by atoms with Crippen LogP contribution in [0.25, 0.3) is 0 Å². The highest BCUT2D eigenvalue weighted by atomic mass is 19.1. The number of rotatable bonds is 2. The first kappa shape index (κ1) is 9.17. The predicted octanol–water partition coefficient (Wildman–Crippen LogP) is 2.91. The van der Waals surface area contributed by atoms with E-state index in [0.29, 0.717) is 5.92 Å². The standard InChI is InChI=1S/C10H14FN/c1-4-9-5-8(11)6-10(12-9)7(2)3/h5-7H,4H2,1-3H3. The van der Waals surface area contributed by atoms with Gasteiger partial charge in [0, 0.05) is 11.4 Å². The van der Waals surface area contributed by atoms with Gasteiger partial charge in [-0.3, -0.25) is 4.98 Å². The number of aromatic nitrogens is 1. The first-order chi connectivity index (χ1) is 5.63. The Balaban J connectivity index is 3.06. The first-order valence-corrected chi connectivity index (χ1v) is 4.29. The van der Waals surface area contributed by atoms with Gasteiger partial charge in [0.1, 0.15) is 5.82 Å². The van der Waals surface area contributed by atoms with Crippen LogP contribution in [0.5, 0.6) is 0 Å². The Bertz CT molecular complexity index is 269. The van der Waals surface area contributed by atoms with Crippen LogP contribution >= 0.6 is 0 Å². The summed E-state index contributed by atoms with van der Waals surface area (Å²) >= 11 is 0. The summed E-state index contributed by atoms with van der Waals surface area (Å²) < 4.78 is 12.9. The molecule has 0 radical (unpaired) electrons. The molecule has 0 atom stereocenters. The van der Waals surface area contributed by atoms with Gasteiger partial charge < -0.3 is 0 Å². The van der Waals surface area contributed by atoms with E-state index in [1.807, 2.05) is 20.8 Å². The van der Waals surface area contributed by atoms with E-state index in [1.54, 1.807) is 0 Å². The second-order valence-electron chi connectivity index (χ2n) is 3.21. The zero-order valence-corrected chi connectivity index (χ0v) is 7.76. The summed E-state index contributed by atoms with van der Waals surface area (Å²) in [4.78, 5) is 4.31. The lowest BCUT2D eigenvalue weighted by atomic mass is 10.1. The van der Waals surface area contributed by atoms with Crippen molar-refractivity contribution in [2.24, 2.45) is 0 Å². The number of halogens is 1. The maximum absolute atomic E-state index is 12.9. The zero-order chi connectivity index (χ0) is 9.14. The Hall–Kier alpha value is -0.920. The van der Waals surface area contributed by atoms with E-state index >= 15 is 0 Å². The van der Waals surface area contributed by atoms with Crippen LogP contribution in [-0.2, 0) is 6.42 Å². The topological polar surface area (TPSA) is 12.9 Å². The van der Waals surface area contributed by atoms with Gasteiger partial charge in [-0.15, -0.1) is 0 Å². The van der Waals surface area contributed by atoms with Crippen molar-refractivity contribution in [2.45, 2.75) is 33.1 Å². The average Bonchev–Trinajstić information content (AvgIpc) is 2.03. The highest BCUT2D eigenvalue weighted by Crippen LogP contribution is 2.14. The van der Waals surface area contributed by atoms with Crippen LogP contribution in [0, 0.1) is 5.82 Å². The molecule has 0 fully saturated rings. The Morgan fingerprint density at radius 2 is 2.08 bits per heavy atom. The Morgan fingerprint density at radius 1 is 1.42 bits per heavy atom. The van der Waals surface area contributed by atoms with Gasteiger partial charge in [0.2, 0.25) is 0 Å². The van der Waals surface area contributed by atoms with Crippen molar-refractivity contribution in [2.75, 3.05) is 0 Å². The Kier molecular flexibility index (Phi) is 2.79. The number of pyridine rings is 1. The van der Waals surface area contributed by atoms with Gasteiger partial charge in [0.05, 0.1) is 0 Å². The van der Waals surface area contributed by atoms with Crippen LogP contribution in [0.2, 0.25) is 0 Å². The summed E-state index contributed by atoms with van der Waals surface area (Å²) in [6, 6.07) is 3.00. The van der Waals surface area contributed by atoms with Crippen molar-refractivity contribution < 1.29 is 4.39 Å². The molecule has 2 heteroatoms. The highest BCUT2D eigenvalue weighted by Gasteiger charge is 2.04. The van der Waals surface area contributed by atoms with E-state index in [2.05, 4.69) is 4.98 Å². The third kappa shape index (κ3) is 2.03. The van der Waals surface area contributed by atoms with Crippen LogP contribution in [0.4, 0.5) is 4.39 Å². The molecule has 0 aliphatic rings. The lowest BCUT2D eigenvalue weighted by Crippen LogP contribution is -1.98. The minimum atomic E-state index is -0.175. The quantitative estimate of drug-likeness (QED) is 0.660. The fourth-order valence-corrected chi connectivity index (χ4v) is 1.05. The molecule has 0 saturated heterocycles. The molecule has 12 heavy (non-hydrogen) atoms. The summed E-state index contributed by atoms with van der Waals surface area (Å²) in [5, 5.41) is 0. The van der Waals surface area contributed by atoms with E-state index in [-0.39, 0.29) is 5.82 Å². The number of nitrogens with zero attached hydrogens (tertiary/aromatic N) is 1. The van der Waals surface area contributed by atoms with Crippen molar-refractivity contribution in [1.82, 2.24) is 4.98 Å². The van der Waals surface area contributed by atoms with Crippen molar-refractivity contribution in [1.29, 1.82) is 0 Å². The van der Waals surface area contributed by atoms with Gasteiger partial charge >= 0.3 is 0 Å². The van der Waals surface area contributed by atoms with Crippen molar-refractivity contribution in [3.63, 3.8) is 0 Å². The summed E-state index contributed by atoms with van der Waals surface area (Å²) in [7, 11) is 0. The van der Waals surface area contributed by atoms with Crippen molar-refractivity contribution in [3.05, 3.63) is 29.3 Å². The van der Waals surface area contributed by atoms with E-state index in [1.165, 1.54) is 12.1 Å². The normalized spacial score (nSPS) is 10.8. The summed E-state index contributed by atoms with van der Waals surface area (Å²) in [6.07, 6.45) is 0.789. The molecule has 0 saturated carbocycles. The molecule has 66 valence electrons. The van der Waals surface area contributed by atoms with Gasteiger partial charge in [0.15, 0.2) is 0 Å². The summed E-state index contributed by atoms with van der Waals surface area (Å²) in [5.74, 6) is 0.122. The third-order valence-electron chi connectivity index (χ3n) is 1.82. The molecule has 0 unspecified atom stereocenters. The fourth-order valence-electron chi connectivity index (χ4n) is 1.05. The summed E-state index contributed by atoms with van der Waals surface area (Å²) in [5.41, 5.74) is 1.67. The van der Waals surface area contributed by atoms with E-state index in [9.17, 15) is 4.39 Å². The molecule has 1 aromatic heterocycles. The first-order valence-electron chi connectivity index (χ1n) is 4.29.